The van der Waals surface area contributed by atoms with Crippen molar-refractivity contribution < 1.29 is 19.1 Å². The molecule has 6 nitrogen and oxygen atoms in total. The zero-order valence-corrected chi connectivity index (χ0v) is 20.9. The zero-order chi connectivity index (χ0) is 24.8. The lowest BCUT2D eigenvalue weighted by Crippen LogP contribution is -2.44. The van der Waals surface area contributed by atoms with Gasteiger partial charge in [0.05, 0.1) is 11.5 Å². The van der Waals surface area contributed by atoms with Crippen molar-refractivity contribution in [3.63, 3.8) is 0 Å². The van der Waals surface area contributed by atoms with Crippen LogP contribution in [0.3, 0.4) is 0 Å². The smallest absolute Gasteiger partial charge is 0.285 e. The van der Waals surface area contributed by atoms with Crippen molar-refractivity contribution in [3.05, 3.63) is 100.0 Å². The summed E-state index contributed by atoms with van der Waals surface area (Å²) in [6.07, 6.45) is 1.72. The van der Waals surface area contributed by atoms with E-state index >= 15 is 0 Å². The number of hydrogen-bond donors (Lipinski definition) is 1. The lowest BCUT2D eigenvalue weighted by Gasteiger charge is -2.15. The molecule has 0 bridgehead atoms. The van der Waals surface area contributed by atoms with E-state index in [0.717, 1.165) is 27.9 Å². The molecule has 0 aromatic heterocycles. The molecule has 0 aliphatic carbocycles. The van der Waals surface area contributed by atoms with Crippen LogP contribution in [0.15, 0.2) is 77.7 Å². The summed E-state index contributed by atoms with van der Waals surface area (Å²) in [5.41, 5.74) is 6.02. The van der Waals surface area contributed by atoms with Crippen LogP contribution in [-0.4, -0.2) is 27.8 Å². The first-order chi connectivity index (χ1) is 16.9. The van der Waals surface area contributed by atoms with Gasteiger partial charge in [0.1, 0.15) is 6.61 Å². The topological polar surface area (TPSA) is 67.9 Å². The highest BCUT2D eigenvalue weighted by atomic mass is 32.2. The molecule has 35 heavy (non-hydrogen) atoms. The number of rotatable bonds is 8. The molecule has 1 saturated heterocycles. The van der Waals surface area contributed by atoms with E-state index in [4.69, 9.17) is 21.7 Å². The number of thioether (sulfide) groups is 1. The number of carbonyl (C=O) groups is 2. The number of carbonyl (C=O) groups excluding carboxylic acids is 2. The van der Waals surface area contributed by atoms with Gasteiger partial charge in [0, 0.05) is 5.56 Å². The SMILES string of the molecule is CCOc1cc(/C=C2\SC(=S)N(NC(=O)c3ccccc3)C2=O)ccc1OCc1cccc(C)c1. The summed E-state index contributed by atoms with van der Waals surface area (Å²) >= 11 is 6.45. The number of hydrogen-bond acceptors (Lipinski definition) is 6. The second kappa shape index (κ2) is 11.2. The van der Waals surface area contributed by atoms with Gasteiger partial charge in [-0.15, -0.1) is 0 Å². The standard InChI is InChI=1S/C27H24N2O4S2/c1-3-32-23-15-19(12-13-22(23)33-17-20-9-7-8-18(2)14-20)16-24-26(31)29(27(34)35-24)28-25(30)21-10-5-4-6-11-21/h4-16H,3,17H2,1-2H3,(H,28,30)/b24-16-. The van der Waals surface area contributed by atoms with E-state index in [1.54, 1.807) is 30.3 Å². The van der Waals surface area contributed by atoms with Crippen molar-refractivity contribution >= 4 is 46.2 Å². The van der Waals surface area contributed by atoms with Crippen molar-refractivity contribution in [2.75, 3.05) is 6.61 Å². The Balaban J connectivity index is 1.49. The first kappa shape index (κ1) is 24.5. The molecule has 2 amide bonds. The minimum Gasteiger partial charge on any atom is -0.490 e. The summed E-state index contributed by atoms with van der Waals surface area (Å²) in [7, 11) is 0. The molecule has 178 valence electrons. The molecule has 1 aliphatic rings. The maximum Gasteiger partial charge on any atom is 0.285 e. The Bertz CT molecular complexity index is 1290. The Hall–Kier alpha value is -3.62. The molecule has 0 spiro atoms. The number of benzene rings is 3. The Morgan fingerprint density at radius 2 is 1.83 bits per heavy atom. The molecular weight excluding hydrogens is 480 g/mol. The number of hydrazine groups is 1. The molecule has 1 N–H and O–H groups in total. The van der Waals surface area contributed by atoms with Crippen LogP contribution in [0.1, 0.15) is 34.0 Å². The van der Waals surface area contributed by atoms with Gasteiger partial charge >= 0.3 is 0 Å². The quantitative estimate of drug-likeness (QED) is 0.322. The number of ether oxygens (including phenoxy) is 2. The highest BCUT2D eigenvalue weighted by molar-refractivity contribution is 8.26. The van der Waals surface area contributed by atoms with Crippen molar-refractivity contribution in [3.8, 4) is 11.5 Å². The maximum absolute atomic E-state index is 12.9. The third kappa shape index (κ3) is 6.09. The van der Waals surface area contributed by atoms with E-state index in [2.05, 4.69) is 11.5 Å². The summed E-state index contributed by atoms with van der Waals surface area (Å²) in [5, 5.41) is 1.10. The van der Waals surface area contributed by atoms with E-state index in [9.17, 15) is 9.59 Å². The predicted molar refractivity (Wildman–Crippen MR) is 142 cm³/mol. The highest BCUT2D eigenvalue weighted by Crippen LogP contribution is 2.34. The van der Waals surface area contributed by atoms with Crippen molar-refractivity contribution in [2.24, 2.45) is 0 Å². The Kier molecular flexibility index (Phi) is 7.84. The molecule has 3 aromatic rings. The number of nitrogens with one attached hydrogen (secondary N) is 1. The molecular formula is C27H24N2O4S2. The Morgan fingerprint density at radius 1 is 1.03 bits per heavy atom. The van der Waals surface area contributed by atoms with Gasteiger partial charge in [-0.3, -0.25) is 15.0 Å². The highest BCUT2D eigenvalue weighted by Gasteiger charge is 2.33. The van der Waals surface area contributed by atoms with Crippen LogP contribution in [0.4, 0.5) is 0 Å². The minimum atomic E-state index is -0.406. The van der Waals surface area contributed by atoms with Gasteiger partial charge in [-0.2, -0.15) is 5.01 Å². The van der Waals surface area contributed by atoms with Gasteiger partial charge in [0.15, 0.2) is 15.8 Å². The molecule has 4 rings (SSSR count). The number of thiocarbonyl (C=S) groups is 1. The molecule has 0 atom stereocenters. The summed E-state index contributed by atoms with van der Waals surface area (Å²) in [5.74, 6) is 0.411. The first-order valence-corrected chi connectivity index (χ1v) is 12.3. The fourth-order valence-electron chi connectivity index (χ4n) is 3.44. The largest absolute Gasteiger partial charge is 0.490 e. The van der Waals surface area contributed by atoms with Crippen LogP contribution in [0.5, 0.6) is 11.5 Å². The average Bonchev–Trinajstić information content (AvgIpc) is 3.11. The maximum atomic E-state index is 12.9. The van der Waals surface area contributed by atoms with Crippen molar-refractivity contribution in [2.45, 2.75) is 20.5 Å². The second-order valence-electron chi connectivity index (χ2n) is 7.74. The molecule has 3 aromatic carbocycles. The van der Waals surface area contributed by atoms with E-state index < -0.39 is 5.91 Å². The zero-order valence-electron chi connectivity index (χ0n) is 19.3. The van der Waals surface area contributed by atoms with Gasteiger partial charge in [-0.05, 0) is 67.5 Å². The third-order valence-electron chi connectivity index (χ3n) is 5.09. The van der Waals surface area contributed by atoms with Crippen molar-refractivity contribution in [1.82, 2.24) is 10.4 Å². The van der Waals surface area contributed by atoms with Crippen LogP contribution in [0.25, 0.3) is 6.08 Å². The average molecular weight is 505 g/mol. The van der Waals surface area contributed by atoms with Gasteiger partial charge < -0.3 is 9.47 Å². The fourth-order valence-corrected chi connectivity index (χ4v) is 4.62. The summed E-state index contributed by atoms with van der Waals surface area (Å²) in [6, 6.07) is 22.3. The molecule has 0 unspecified atom stereocenters. The Labute approximate surface area is 213 Å². The normalized spacial score (nSPS) is 14.3. The summed E-state index contributed by atoms with van der Waals surface area (Å²) < 4.78 is 12.0. The van der Waals surface area contributed by atoms with E-state index in [0.29, 0.717) is 35.2 Å². The van der Waals surface area contributed by atoms with E-state index in [1.807, 2.05) is 56.3 Å². The van der Waals surface area contributed by atoms with Crippen LogP contribution < -0.4 is 14.9 Å². The molecule has 1 heterocycles. The van der Waals surface area contributed by atoms with E-state index in [-0.39, 0.29) is 10.2 Å². The minimum absolute atomic E-state index is 0.258. The number of aryl methyl sites for hydroxylation is 1. The Morgan fingerprint density at radius 3 is 2.57 bits per heavy atom. The molecule has 1 fully saturated rings. The third-order valence-corrected chi connectivity index (χ3v) is 6.39. The second-order valence-corrected chi connectivity index (χ2v) is 9.42. The van der Waals surface area contributed by atoms with Gasteiger partial charge in [0.25, 0.3) is 11.8 Å². The monoisotopic (exact) mass is 504 g/mol. The molecule has 1 aliphatic heterocycles. The first-order valence-electron chi connectivity index (χ1n) is 11.0. The molecule has 0 saturated carbocycles. The van der Waals surface area contributed by atoms with Crippen LogP contribution in [0, 0.1) is 6.92 Å². The van der Waals surface area contributed by atoms with Crippen molar-refractivity contribution in [1.29, 1.82) is 0 Å². The van der Waals surface area contributed by atoms with Gasteiger partial charge in [-0.25, -0.2) is 0 Å². The number of amides is 2. The molecule has 8 heteroatoms. The summed E-state index contributed by atoms with van der Waals surface area (Å²) in [6.45, 7) is 4.83. The lowest BCUT2D eigenvalue weighted by molar-refractivity contribution is -0.123. The summed E-state index contributed by atoms with van der Waals surface area (Å²) in [4.78, 5) is 25.8. The van der Waals surface area contributed by atoms with Gasteiger partial charge in [-0.1, -0.05) is 65.9 Å². The van der Waals surface area contributed by atoms with Gasteiger partial charge in [0.2, 0.25) is 0 Å². The molecule has 0 radical (unpaired) electrons. The lowest BCUT2D eigenvalue weighted by atomic mass is 10.1. The van der Waals surface area contributed by atoms with Crippen LogP contribution in [-0.2, 0) is 11.4 Å². The van der Waals surface area contributed by atoms with Crippen LogP contribution >= 0.6 is 24.0 Å². The van der Waals surface area contributed by atoms with Crippen LogP contribution in [0.2, 0.25) is 0 Å². The van der Waals surface area contributed by atoms with E-state index in [1.165, 1.54) is 5.56 Å². The number of nitrogens with zero attached hydrogens (tertiary/aromatic N) is 1. The fraction of sp³-hybridized carbons (Fsp3) is 0.148. The predicted octanol–water partition coefficient (Wildman–Crippen LogP) is 5.52.